The number of hydrogen-bond acceptors (Lipinski definition) is 4. The number of amides is 1. The number of rotatable bonds is 1. The van der Waals surface area contributed by atoms with Gasteiger partial charge in [-0.3, -0.25) is 10.1 Å². The van der Waals surface area contributed by atoms with E-state index in [4.69, 9.17) is 0 Å². The fourth-order valence-corrected chi connectivity index (χ4v) is 3.12. The standard InChI is InChI=1S/C14H12N4O/c19-13-11-8-16-17-9-12(11)14(15-6-7-18(13)14)10-4-2-1-3-5-10/h1-5,8-9,15H,6-7H2/t14-/m1/s1. The van der Waals surface area contributed by atoms with E-state index in [1.54, 1.807) is 12.4 Å². The Labute approximate surface area is 110 Å². The molecule has 0 unspecified atom stereocenters. The molecule has 1 atom stereocenters. The van der Waals surface area contributed by atoms with Crippen LogP contribution in [0.15, 0.2) is 42.7 Å². The van der Waals surface area contributed by atoms with Gasteiger partial charge in [-0.2, -0.15) is 10.2 Å². The Morgan fingerprint density at radius 1 is 1.16 bits per heavy atom. The minimum absolute atomic E-state index is 0.0266. The van der Waals surface area contributed by atoms with E-state index in [1.165, 1.54) is 0 Å². The lowest BCUT2D eigenvalue weighted by Gasteiger charge is -2.33. The molecule has 1 N–H and O–H groups in total. The van der Waals surface area contributed by atoms with Crippen LogP contribution in [0.3, 0.4) is 0 Å². The van der Waals surface area contributed by atoms with Crippen molar-refractivity contribution < 1.29 is 4.79 Å². The second-order valence-electron chi connectivity index (χ2n) is 4.78. The zero-order valence-electron chi connectivity index (χ0n) is 10.2. The van der Waals surface area contributed by atoms with Gasteiger partial charge in [-0.05, 0) is 5.56 Å². The van der Waals surface area contributed by atoms with E-state index in [1.807, 2.05) is 35.2 Å². The average Bonchev–Trinajstić information content (AvgIpc) is 3.01. The molecule has 4 rings (SSSR count). The Kier molecular flexibility index (Phi) is 2.02. The van der Waals surface area contributed by atoms with Crippen molar-refractivity contribution >= 4 is 5.91 Å². The monoisotopic (exact) mass is 252 g/mol. The molecule has 19 heavy (non-hydrogen) atoms. The summed E-state index contributed by atoms with van der Waals surface area (Å²) < 4.78 is 0. The summed E-state index contributed by atoms with van der Waals surface area (Å²) in [6.07, 6.45) is 3.25. The van der Waals surface area contributed by atoms with Crippen LogP contribution in [0.1, 0.15) is 21.5 Å². The topological polar surface area (TPSA) is 58.1 Å². The maximum absolute atomic E-state index is 12.5. The number of nitrogens with zero attached hydrogens (tertiary/aromatic N) is 3. The quantitative estimate of drug-likeness (QED) is 0.813. The molecule has 5 nitrogen and oxygen atoms in total. The largest absolute Gasteiger partial charge is 0.311 e. The number of hydrogen-bond donors (Lipinski definition) is 1. The summed E-state index contributed by atoms with van der Waals surface area (Å²) >= 11 is 0. The van der Waals surface area contributed by atoms with Crippen LogP contribution >= 0.6 is 0 Å². The molecular formula is C14H12N4O. The lowest BCUT2D eigenvalue weighted by molar-refractivity contribution is 0.0694. The van der Waals surface area contributed by atoms with Crippen LogP contribution in [0.25, 0.3) is 0 Å². The molecule has 0 bridgehead atoms. The molecule has 1 aromatic carbocycles. The van der Waals surface area contributed by atoms with Crippen molar-refractivity contribution in [2.24, 2.45) is 0 Å². The van der Waals surface area contributed by atoms with Crippen LogP contribution in [0.4, 0.5) is 0 Å². The van der Waals surface area contributed by atoms with E-state index in [2.05, 4.69) is 15.5 Å². The van der Waals surface area contributed by atoms with Gasteiger partial charge in [0.25, 0.3) is 5.91 Å². The molecule has 5 heteroatoms. The first kappa shape index (κ1) is 10.6. The molecule has 2 aliphatic rings. The fraction of sp³-hybridized carbons (Fsp3) is 0.214. The Hall–Kier alpha value is -2.27. The van der Waals surface area contributed by atoms with E-state index in [9.17, 15) is 4.79 Å². The van der Waals surface area contributed by atoms with Crippen LogP contribution in [0, 0.1) is 0 Å². The predicted molar refractivity (Wildman–Crippen MR) is 68.3 cm³/mol. The molecule has 1 saturated heterocycles. The molecule has 2 aromatic rings. The molecule has 3 heterocycles. The third kappa shape index (κ3) is 1.20. The zero-order chi connectivity index (χ0) is 12.9. The summed E-state index contributed by atoms with van der Waals surface area (Å²) in [6.45, 7) is 1.48. The maximum Gasteiger partial charge on any atom is 0.258 e. The van der Waals surface area contributed by atoms with Crippen molar-refractivity contribution in [1.82, 2.24) is 20.4 Å². The Balaban J connectivity index is 2.02. The summed E-state index contributed by atoms with van der Waals surface area (Å²) in [7, 11) is 0. The first-order valence-electron chi connectivity index (χ1n) is 6.28. The van der Waals surface area contributed by atoms with Gasteiger partial charge in [-0.15, -0.1) is 0 Å². The number of carbonyl (C=O) groups is 1. The Bertz CT molecular complexity index is 658. The molecule has 0 spiro atoms. The molecule has 0 saturated carbocycles. The number of aromatic nitrogens is 2. The van der Waals surface area contributed by atoms with Gasteiger partial charge in [-0.25, -0.2) is 0 Å². The summed E-state index contributed by atoms with van der Waals surface area (Å²) in [6, 6.07) is 10.0. The van der Waals surface area contributed by atoms with Crippen molar-refractivity contribution in [3.8, 4) is 0 Å². The maximum atomic E-state index is 12.5. The lowest BCUT2D eigenvalue weighted by Crippen LogP contribution is -2.46. The van der Waals surface area contributed by atoms with E-state index in [0.29, 0.717) is 12.1 Å². The second-order valence-corrected chi connectivity index (χ2v) is 4.78. The normalized spacial score (nSPS) is 24.4. The summed E-state index contributed by atoms with van der Waals surface area (Å²) in [4.78, 5) is 14.3. The first-order chi connectivity index (χ1) is 9.34. The van der Waals surface area contributed by atoms with Gasteiger partial charge < -0.3 is 4.90 Å². The predicted octanol–water partition coefficient (Wildman–Crippen LogP) is 0.737. The van der Waals surface area contributed by atoms with Gasteiger partial charge in [0, 0.05) is 18.7 Å². The SMILES string of the molecule is O=C1c2cnncc2[C@]2(c3ccccc3)NCCN12. The minimum atomic E-state index is -0.566. The molecule has 1 aromatic heterocycles. The van der Waals surface area contributed by atoms with Gasteiger partial charge in [-0.1, -0.05) is 30.3 Å². The van der Waals surface area contributed by atoms with Crippen LogP contribution < -0.4 is 5.32 Å². The van der Waals surface area contributed by atoms with Gasteiger partial charge >= 0.3 is 0 Å². The highest BCUT2D eigenvalue weighted by Gasteiger charge is 2.53. The zero-order valence-corrected chi connectivity index (χ0v) is 10.2. The van der Waals surface area contributed by atoms with Gasteiger partial charge in [0.1, 0.15) is 5.66 Å². The van der Waals surface area contributed by atoms with E-state index >= 15 is 0 Å². The lowest BCUT2D eigenvalue weighted by atomic mass is 9.93. The first-order valence-corrected chi connectivity index (χ1v) is 6.28. The highest BCUT2D eigenvalue weighted by molar-refractivity contribution is 6.00. The van der Waals surface area contributed by atoms with Gasteiger partial charge in [0.2, 0.25) is 0 Å². The second kappa shape index (κ2) is 3.61. The van der Waals surface area contributed by atoms with Crippen LogP contribution in [0.5, 0.6) is 0 Å². The van der Waals surface area contributed by atoms with E-state index in [0.717, 1.165) is 17.7 Å². The highest BCUT2D eigenvalue weighted by atomic mass is 16.2. The average molecular weight is 252 g/mol. The van der Waals surface area contributed by atoms with E-state index < -0.39 is 5.66 Å². The smallest absolute Gasteiger partial charge is 0.258 e. The third-order valence-corrected chi connectivity index (χ3v) is 3.91. The highest BCUT2D eigenvalue weighted by Crippen LogP contribution is 2.43. The molecule has 1 amide bonds. The van der Waals surface area contributed by atoms with Crippen LogP contribution in [-0.4, -0.2) is 34.1 Å². The molecule has 94 valence electrons. The number of fused-ring (bicyclic) bond motifs is 3. The third-order valence-electron chi connectivity index (χ3n) is 3.91. The molecule has 0 aliphatic carbocycles. The number of carbonyl (C=O) groups excluding carboxylic acids is 1. The van der Waals surface area contributed by atoms with Crippen molar-refractivity contribution in [2.75, 3.05) is 13.1 Å². The van der Waals surface area contributed by atoms with Crippen molar-refractivity contribution in [3.63, 3.8) is 0 Å². The minimum Gasteiger partial charge on any atom is -0.311 e. The molecule has 1 fully saturated rings. The summed E-state index contributed by atoms with van der Waals surface area (Å²) in [5, 5.41) is 11.3. The van der Waals surface area contributed by atoms with Crippen LogP contribution in [-0.2, 0) is 5.66 Å². The summed E-state index contributed by atoms with van der Waals surface area (Å²) in [5.41, 5.74) is 2.04. The van der Waals surface area contributed by atoms with Gasteiger partial charge in [0.05, 0.1) is 18.0 Å². The molecular weight excluding hydrogens is 240 g/mol. The van der Waals surface area contributed by atoms with E-state index in [-0.39, 0.29) is 5.91 Å². The molecule has 2 aliphatic heterocycles. The van der Waals surface area contributed by atoms with Crippen LogP contribution in [0.2, 0.25) is 0 Å². The van der Waals surface area contributed by atoms with Crippen molar-refractivity contribution in [1.29, 1.82) is 0 Å². The number of benzene rings is 1. The van der Waals surface area contributed by atoms with Crippen molar-refractivity contribution in [3.05, 3.63) is 59.4 Å². The van der Waals surface area contributed by atoms with Crippen molar-refractivity contribution in [2.45, 2.75) is 5.66 Å². The Morgan fingerprint density at radius 2 is 1.95 bits per heavy atom. The number of nitrogens with one attached hydrogen (secondary N) is 1. The molecule has 0 radical (unpaired) electrons. The van der Waals surface area contributed by atoms with Gasteiger partial charge in [0.15, 0.2) is 0 Å². The fourth-order valence-electron chi connectivity index (χ4n) is 3.12. The Morgan fingerprint density at radius 3 is 2.79 bits per heavy atom. The summed E-state index contributed by atoms with van der Waals surface area (Å²) in [5.74, 6) is 0.0266.